The van der Waals surface area contributed by atoms with Crippen LogP contribution in [0.25, 0.3) is 0 Å². The summed E-state index contributed by atoms with van der Waals surface area (Å²) < 4.78 is 1.04. The summed E-state index contributed by atoms with van der Waals surface area (Å²) in [6.07, 6.45) is 2.36. The van der Waals surface area contributed by atoms with E-state index in [0.29, 0.717) is 12.0 Å². The van der Waals surface area contributed by atoms with Crippen molar-refractivity contribution in [1.29, 1.82) is 0 Å². The number of nitrogens with zero attached hydrogens (tertiary/aromatic N) is 1. The third-order valence-corrected chi connectivity index (χ3v) is 4.68. The van der Waals surface area contributed by atoms with Crippen LogP contribution in [0.15, 0.2) is 24.3 Å². The molecule has 1 aromatic carbocycles. The Kier molecular flexibility index (Phi) is 4.07. The van der Waals surface area contributed by atoms with E-state index in [0.717, 1.165) is 22.1 Å². The van der Waals surface area contributed by atoms with Crippen LogP contribution < -0.4 is 0 Å². The summed E-state index contributed by atoms with van der Waals surface area (Å²) in [5.74, 6) is 0.795. The molecule has 1 amide bonds. The van der Waals surface area contributed by atoms with E-state index in [4.69, 9.17) is 0 Å². The lowest BCUT2D eigenvalue weighted by atomic mass is 9.91. The number of halogens is 1. The third kappa shape index (κ3) is 2.64. The number of amides is 1. The quantitative estimate of drug-likeness (QED) is 0.714. The molecule has 2 atom stereocenters. The number of carbonyl (C=O) groups is 1. The predicted molar refractivity (Wildman–Crippen MR) is 78.1 cm³/mol. The van der Waals surface area contributed by atoms with Crippen molar-refractivity contribution in [2.24, 2.45) is 5.92 Å². The Morgan fingerprint density at radius 2 is 2.06 bits per heavy atom. The van der Waals surface area contributed by atoms with Crippen LogP contribution in [-0.2, 0) is 0 Å². The Balaban J connectivity index is 2.23. The molecule has 17 heavy (non-hydrogen) atoms. The van der Waals surface area contributed by atoms with Gasteiger partial charge in [0.2, 0.25) is 0 Å². The molecule has 1 aliphatic rings. The Bertz CT molecular complexity index is 418. The third-order valence-electron chi connectivity index (χ3n) is 3.74. The van der Waals surface area contributed by atoms with Crippen LogP contribution in [0.2, 0.25) is 0 Å². The summed E-state index contributed by atoms with van der Waals surface area (Å²) in [6, 6.07) is 8.18. The lowest BCUT2D eigenvalue weighted by Crippen LogP contribution is -2.46. The molecule has 1 saturated heterocycles. The fourth-order valence-electron chi connectivity index (χ4n) is 2.41. The molecule has 2 unspecified atom stereocenters. The van der Waals surface area contributed by atoms with Crippen LogP contribution in [0.1, 0.15) is 37.0 Å². The maximum atomic E-state index is 12.5. The van der Waals surface area contributed by atoms with Gasteiger partial charge in [-0.25, -0.2) is 0 Å². The predicted octanol–water partition coefficient (Wildman–Crippen LogP) is 3.55. The van der Waals surface area contributed by atoms with Crippen LogP contribution in [0.4, 0.5) is 0 Å². The fourth-order valence-corrected chi connectivity index (χ4v) is 3.03. The van der Waals surface area contributed by atoms with E-state index in [1.807, 2.05) is 29.2 Å². The molecule has 0 N–H and O–H groups in total. The van der Waals surface area contributed by atoms with Gasteiger partial charge in [0, 0.05) is 16.2 Å². The molecule has 0 radical (unpaired) electrons. The van der Waals surface area contributed by atoms with Gasteiger partial charge in [0.25, 0.3) is 5.91 Å². The lowest BCUT2D eigenvalue weighted by Gasteiger charge is -2.38. The zero-order valence-corrected chi connectivity index (χ0v) is 12.5. The summed E-state index contributed by atoms with van der Waals surface area (Å²) in [7, 11) is 0. The molecule has 1 heterocycles. The van der Waals surface area contributed by atoms with Gasteiger partial charge < -0.3 is 4.90 Å². The molecule has 1 aliphatic heterocycles. The fraction of sp³-hybridized carbons (Fsp3) is 0.500. The first-order valence-corrected chi connectivity index (χ1v) is 7.24. The van der Waals surface area contributed by atoms with Crippen molar-refractivity contribution in [3.63, 3.8) is 0 Å². The van der Waals surface area contributed by atoms with Crippen LogP contribution in [0, 0.1) is 9.49 Å². The number of hydrogen-bond donors (Lipinski definition) is 0. The number of likely N-dealkylation sites (tertiary alicyclic amines) is 1. The Morgan fingerprint density at radius 1 is 1.35 bits per heavy atom. The maximum Gasteiger partial charge on any atom is 0.255 e. The monoisotopic (exact) mass is 343 g/mol. The molecule has 0 aliphatic carbocycles. The molecule has 0 spiro atoms. The van der Waals surface area contributed by atoms with E-state index in [-0.39, 0.29) is 5.91 Å². The molecule has 2 nitrogen and oxygen atoms in total. The van der Waals surface area contributed by atoms with Crippen molar-refractivity contribution >= 4 is 28.5 Å². The minimum absolute atomic E-state index is 0.189. The molecule has 92 valence electrons. The van der Waals surface area contributed by atoms with E-state index in [9.17, 15) is 4.79 Å². The van der Waals surface area contributed by atoms with Crippen molar-refractivity contribution in [2.45, 2.75) is 32.7 Å². The number of rotatable bonds is 1. The highest BCUT2D eigenvalue weighted by Gasteiger charge is 2.29. The van der Waals surface area contributed by atoms with E-state index in [1.54, 1.807) is 0 Å². The topological polar surface area (TPSA) is 20.3 Å². The molecule has 1 fully saturated rings. The SMILES string of the molecule is CC1CCCN(C(=O)c2ccccc2I)C1C. The first kappa shape index (κ1) is 12.9. The van der Waals surface area contributed by atoms with Crippen molar-refractivity contribution < 1.29 is 4.79 Å². The zero-order chi connectivity index (χ0) is 12.4. The number of benzene rings is 1. The molecule has 0 aromatic heterocycles. The van der Waals surface area contributed by atoms with Gasteiger partial charge >= 0.3 is 0 Å². The van der Waals surface area contributed by atoms with Gasteiger partial charge in [0.1, 0.15) is 0 Å². The second-order valence-corrected chi connectivity index (χ2v) is 6.00. The van der Waals surface area contributed by atoms with E-state index in [1.165, 1.54) is 6.42 Å². The number of piperidine rings is 1. The second kappa shape index (κ2) is 5.38. The van der Waals surface area contributed by atoms with Gasteiger partial charge in [-0.05, 0) is 60.4 Å². The maximum absolute atomic E-state index is 12.5. The molecule has 2 rings (SSSR count). The summed E-state index contributed by atoms with van der Waals surface area (Å²) in [5.41, 5.74) is 0.842. The van der Waals surface area contributed by atoms with Gasteiger partial charge in [-0.1, -0.05) is 19.1 Å². The minimum Gasteiger partial charge on any atom is -0.336 e. The Morgan fingerprint density at radius 3 is 2.76 bits per heavy atom. The molecular formula is C14H18INO. The standard InChI is InChI=1S/C14H18INO/c1-10-6-5-9-16(11(10)2)14(17)12-7-3-4-8-13(12)15/h3-4,7-8,10-11H,5-6,9H2,1-2H3. The van der Waals surface area contributed by atoms with Crippen LogP contribution >= 0.6 is 22.6 Å². The van der Waals surface area contributed by atoms with Gasteiger partial charge in [0.15, 0.2) is 0 Å². The van der Waals surface area contributed by atoms with Crippen molar-refractivity contribution in [2.75, 3.05) is 6.54 Å². The van der Waals surface area contributed by atoms with Gasteiger partial charge in [-0.15, -0.1) is 0 Å². The number of carbonyl (C=O) groups excluding carboxylic acids is 1. The normalized spacial score (nSPS) is 24.8. The van der Waals surface area contributed by atoms with Crippen LogP contribution in [0.5, 0.6) is 0 Å². The van der Waals surface area contributed by atoms with Gasteiger partial charge in [-0.3, -0.25) is 4.79 Å². The minimum atomic E-state index is 0.189. The summed E-state index contributed by atoms with van der Waals surface area (Å²) in [5, 5.41) is 0. The molecular weight excluding hydrogens is 325 g/mol. The van der Waals surface area contributed by atoms with E-state index >= 15 is 0 Å². The summed E-state index contributed by atoms with van der Waals surface area (Å²) in [6.45, 7) is 5.30. The average molecular weight is 343 g/mol. The first-order valence-electron chi connectivity index (χ1n) is 6.16. The molecule has 1 aromatic rings. The van der Waals surface area contributed by atoms with Gasteiger partial charge in [-0.2, -0.15) is 0 Å². The molecule has 0 bridgehead atoms. The first-order chi connectivity index (χ1) is 8.11. The highest BCUT2D eigenvalue weighted by atomic mass is 127. The largest absolute Gasteiger partial charge is 0.336 e. The van der Waals surface area contributed by atoms with Crippen molar-refractivity contribution in [3.05, 3.63) is 33.4 Å². The van der Waals surface area contributed by atoms with Crippen molar-refractivity contribution in [1.82, 2.24) is 4.90 Å². The smallest absolute Gasteiger partial charge is 0.255 e. The van der Waals surface area contributed by atoms with E-state index < -0.39 is 0 Å². The lowest BCUT2D eigenvalue weighted by molar-refractivity contribution is 0.0550. The highest BCUT2D eigenvalue weighted by molar-refractivity contribution is 14.1. The van der Waals surface area contributed by atoms with Gasteiger partial charge in [0.05, 0.1) is 5.56 Å². The van der Waals surface area contributed by atoms with Crippen molar-refractivity contribution in [3.8, 4) is 0 Å². The van der Waals surface area contributed by atoms with E-state index in [2.05, 4.69) is 36.4 Å². The van der Waals surface area contributed by atoms with Crippen LogP contribution in [-0.4, -0.2) is 23.4 Å². The Labute approximate surface area is 117 Å². The Hall–Kier alpha value is -0.580. The zero-order valence-electron chi connectivity index (χ0n) is 10.3. The second-order valence-electron chi connectivity index (χ2n) is 4.84. The summed E-state index contributed by atoms with van der Waals surface area (Å²) in [4.78, 5) is 14.5. The molecule has 0 saturated carbocycles. The number of hydrogen-bond acceptors (Lipinski definition) is 1. The average Bonchev–Trinajstić information content (AvgIpc) is 2.32. The molecule has 3 heteroatoms. The van der Waals surface area contributed by atoms with Crippen LogP contribution in [0.3, 0.4) is 0 Å². The highest BCUT2D eigenvalue weighted by Crippen LogP contribution is 2.25. The summed E-state index contributed by atoms with van der Waals surface area (Å²) >= 11 is 2.24.